The van der Waals surface area contributed by atoms with E-state index >= 15 is 0 Å². The van der Waals surface area contributed by atoms with Crippen molar-refractivity contribution in [1.29, 1.82) is 0 Å². The summed E-state index contributed by atoms with van der Waals surface area (Å²) in [6.07, 6.45) is 3.26. The van der Waals surface area contributed by atoms with Gasteiger partial charge in [-0.2, -0.15) is 0 Å². The van der Waals surface area contributed by atoms with Crippen molar-refractivity contribution in [1.82, 2.24) is 9.88 Å². The van der Waals surface area contributed by atoms with Gasteiger partial charge in [0.25, 0.3) is 0 Å². The molecule has 2 aromatic carbocycles. The SMILES string of the molecule is COC(=O)c1cc(OCC(O)CN2CCC(COc3ccccc3)CC2)c2cc[nH]c2c1. The van der Waals surface area contributed by atoms with Gasteiger partial charge >= 0.3 is 5.97 Å². The zero-order valence-electron chi connectivity index (χ0n) is 18.3. The monoisotopic (exact) mass is 438 g/mol. The first-order valence-corrected chi connectivity index (χ1v) is 11.0. The number of methoxy groups -OCH3 is 1. The van der Waals surface area contributed by atoms with Crippen molar-refractivity contribution in [2.24, 2.45) is 5.92 Å². The summed E-state index contributed by atoms with van der Waals surface area (Å²) in [5.74, 6) is 1.57. The number of hydrogen-bond acceptors (Lipinski definition) is 6. The van der Waals surface area contributed by atoms with Crippen LogP contribution in [0.4, 0.5) is 0 Å². The van der Waals surface area contributed by atoms with E-state index < -0.39 is 12.1 Å². The maximum absolute atomic E-state index is 11.9. The number of esters is 1. The molecule has 1 aliphatic heterocycles. The quantitative estimate of drug-likeness (QED) is 0.498. The fourth-order valence-corrected chi connectivity index (χ4v) is 4.09. The Hall–Kier alpha value is -3.03. The average molecular weight is 439 g/mol. The highest BCUT2D eigenvalue weighted by atomic mass is 16.5. The van der Waals surface area contributed by atoms with Crippen molar-refractivity contribution in [3.8, 4) is 11.5 Å². The Balaban J connectivity index is 1.24. The van der Waals surface area contributed by atoms with Gasteiger partial charge in [0.15, 0.2) is 0 Å². The van der Waals surface area contributed by atoms with Crippen molar-refractivity contribution in [2.75, 3.05) is 40.0 Å². The van der Waals surface area contributed by atoms with Crippen molar-refractivity contribution in [3.63, 3.8) is 0 Å². The Labute approximate surface area is 187 Å². The number of likely N-dealkylation sites (tertiary alicyclic amines) is 1. The van der Waals surface area contributed by atoms with Crippen LogP contribution in [0.25, 0.3) is 10.9 Å². The van der Waals surface area contributed by atoms with Gasteiger partial charge in [0, 0.05) is 23.6 Å². The number of para-hydroxylation sites is 1. The molecule has 0 bridgehead atoms. The van der Waals surface area contributed by atoms with Gasteiger partial charge in [0.2, 0.25) is 0 Å². The van der Waals surface area contributed by atoms with Crippen LogP contribution in [0, 0.1) is 5.92 Å². The minimum atomic E-state index is -0.622. The first-order chi connectivity index (χ1) is 15.6. The lowest BCUT2D eigenvalue weighted by Gasteiger charge is -2.33. The Morgan fingerprint density at radius 1 is 1.16 bits per heavy atom. The summed E-state index contributed by atoms with van der Waals surface area (Å²) < 4.78 is 16.6. The number of aliphatic hydroxyl groups excluding tert-OH is 1. The van der Waals surface area contributed by atoms with Gasteiger partial charge < -0.3 is 29.2 Å². The van der Waals surface area contributed by atoms with Crippen LogP contribution in [-0.4, -0.2) is 67.0 Å². The van der Waals surface area contributed by atoms with Crippen molar-refractivity contribution in [2.45, 2.75) is 18.9 Å². The number of rotatable bonds is 9. The molecule has 170 valence electrons. The fourth-order valence-electron chi connectivity index (χ4n) is 4.09. The van der Waals surface area contributed by atoms with Crippen LogP contribution in [0.1, 0.15) is 23.2 Å². The Morgan fingerprint density at radius 2 is 1.94 bits per heavy atom. The van der Waals surface area contributed by atoms with Crippen LogP contribution in [0.5, 0.6) is 11.5 Å². The van der Waals surface area contributed by atoms with E-state index in [9.17, 15) is 9.90 Å². The summed E-state index contributed by atoms with van der Waals surface area (Å²) in [5.41, 5.74) is 1.20. The second-order valence-corrected chi connectivity index (χ2v) is 8.24. The smallest absolute Gasteiger partial charge is 0.338 e. The van der Waals surface area contributed by atoms with Gasteiger partial charge in [-0.25, -0.2) is 4.79 Å². The molecule has 0 radical (unpaired) electrons. The molecule has 0 saturated carbocycles. The molecule has 2 N–H and O–H groups in total. The van der Waals surface area contributed by atoms with Gasteiger partial charge in [-0.15, -0.1) is 0 Å². The molecular formula is C25H30N2O5. The number of carbonyl (C=O) groups excluding carboxylic acids is 1. The van der Waals surface area contributed by atoms with Crippen molar-refractivity contribution < 1.29 is 24.1 Å². The maximum atomic E-state index is 11.9. The number of aromatic nitrogens is 1. The van der Waals surface area contributed by atoms with E-state index in [0.717, 1.165) is 49.2 Å². The number of fused-ring (bicyclic) bond motifs is 1. The molecule has 1 saturated heterocycles. The van der Waals surface area contributed by atoms with Crippen molar-refractivity contribution in [3.05, 3.63) is 60.3 Å². The van der Waals surface area contributed by atoms with Crippen molar-refractivity contribution >= 4 is 16.9 Å². The average Bonchev–Trinajstić information content (AvgIpc) is 3.31. The summed E-state index contributed by atoms with van der Waals surface area (Å²) in [7, 11) is 1.35. The molecule has 3 aromatic rings. The van der Waals surface area contributed by atoms with Crippen LogP contribution in [0.15, 0.2) is 54.7 Å². The van der Waals surface area contributed by atoms with E-state index in [2.05, 4.69) is 9.88 Å². The van der Waals surface area contributed by atoms with E-state index in [-0.39, 0.29) is 6.61 Å². The number of H-pyrrole nitrogens is 1. The lowest BCUT2D eigenvalue weighted by Crippen LogP contribution is -2.41. The second kappa shape index (κ2) is 10.5. The number of nitrogens with one attached hydrogen (secondary N) is 1. The van der Waals surface area contributed by atoms with Gasteiger partial charge in [0.05, 0.1) is 19.3 Å². The molecular weight excluding hydrogens is 408 g/mol. The molecule has 32 heavy (non-hydrogen) atoms. The molecule has 0 spiro atoms. The van der Waals surface area contributed by atoms with Crippen LogP contribution >= 0.6 is 0 Å². The van der Waals surface area contributed by atoms with Gasteiger partial charge in [-0.1, -0.05) is 18.2 Å². The molecule has 1 unspecified atom stereocenters. The van der Waals surface area contributed by atoms with E-state index in [0.29, 0.717) is 23.8 Å². The van der Waals surface area contributed by atoms with E-state index in [1.54, 1.807) is 18.3 Å². The Bertz CT molecular complexity index is 1010. The molecule has 1 atom stereocenters. The molecule has 0 amide bonds. The maximum Gasteiger partial charge on any atom is 0.338 e. The van der Waals surface area contributed by atoms with E-state index in [1.807, 2.05) is 36.4 Å². The van der Waals surface area contributed by atoms with Gasteiger partial charge in [0.1, 0.15) is 24.2 Å². The van der Waals surface area contributed by atoms with Gasteiger partial charge in [-0.3, -0.25) is 0 Å². The number of hydrogen-bond donors (Lipinski definition) is 2. The number of aliphatic hydroxyl groups is 1. The Morgan fingerprint density at radius 3 is 2.69 bits per heavy atom. The highest BCUT2D eigenvalue weighted by Gasteiger charge is 2.22. The highest BCUT2D eigenvalue weighted by molar-refractivity contribution is 5.97. The molecule has 2 heterocycles. The van der Waals surface area contributed by atoms with E-state index in [1.165, 1.54) is 7.11 Å². The first kappa shape index (κ1) is 22.2. The van der Waals surface area contributed by atoms with Crippen LogP contribution < -0.4 is 9.47 Å². The number of carbonyl (C=O) groups is 1. The minimum Gasteiger partial charge on any atom is -0.493 e. The number of ether oxygens (including phenoxy) is 3. The van der Waals surface area contributed by atoms with Crippen LogP contribution in [0.3, 0.4) is 0 Å². The third-order valence-corrected chi connectivity index (χ3v) is 5.89. The number of aromatic amines is 1. The molecule has 1 fully saturated rings. The summed E-state index contributed by atoms with van der Waals surface area (Å²) in [4.78, 5) is 17.3. The van der Waals surface area contributed by atoms with Gasteiger partial charge in [-0.05, 0) is 62.2 Å². The first-order valence-electron chi connectivity index (χ1n) is 11.0. The number of nitrogens with zero attached hydrogens (tertiary/aromatic N) is 1. The Kier molecular flexibility index (Phi) is 7.29. The summed E-state index contributed by atoms with van der Waals surface area (Å²) in [6, 6.07) is 15.2. The minimum absolute atomic E-state index is 0.155. The number of β-amino-alcohol motifs (C(OH)–C–C–N with tert-alkyl or cyclic N) is 1. The van der Waals surface area contributed by atoms with Crippen LogP contribution in [0.2, 0.25) is 0 Å². The van der Waals surface area contributed by atoms with Crippen LogP contribution in [-0.2, 0) is 4.74 Å². The molecule has 4 rings (SSSR count). The normalized spacial score (nSPS) is 16.1. The van der Waals surface area contributed by atoms with E-state index in [4.69, 9.17) is 14.2 Å². The zero-order valence-corrected chi connectivity index (χ0v) is 18.3. The lowest BCUT2D eigenvalue weighted by atomic mass is 9.97. The molecule has 7 heteroatoms. The zero-order chi connectivity index (χ0) is 22.3. The standard InChI is InChI=1S/C25H30N2O5/c1-30-25(29)19-13-23-22(7-10-26-23)24(14-19)32-17-20(28)15-27-11-8-18(9-12-27)16-31-21-5-3-2-4-6-21/h2-7,10,13-14,18,20,26,28H,8-9,11-12,15-17H2,1H3. The predicted octanol–water partition coefficient (Wildman–Crippen LogP) is 3.49. The lowest BCUT2D eigenvalue weighted by molar-refractivity contribution is 0.0506. The second-order valence-electron chi connectivity index (χ2n) is 8.24. The predicted molar refractivity (Wildman–Crippen MR) is 122 cm³/mol. The molecule has 1 aliphatic rings. The molecule has 1 aromatic heterocycles. The highest BCUT2D eigenvalue weighted by Crippen LogP contribution is 2.28. The third kappa shape index (κ3) is 5.60. The fraction of sp³-hybridized carbons (Fsp3) is 0.400. The number of benzene rings is 2. The number of piperidine rings is 1. The molecule has 0 aliphatic carbocycles. The summed E-state index contributed by atoms with van der Waals surface area (Å²) >= 11 is 0. The topological polar surface area (TPSA) is 84.0 Å². The molecule has 7 nitrogen and oxygen atoms in total. The summed E-state index contributed by atoms with van der Waals surface area (Å²) in [6.45, 7) is 3.30. The third-order valence-electron chi connectivity index (χ3n) is 5.89. The summed E-state index contributed by atoms with van der Waals surface area (Å²) in [5, 5.41) is 11.4. The largest absolute Gasteiger partial charge is 0.493 e.